The molecule has 0 radical (unpaired) electrons. The minimum absolute atomic E-state index is 0.118. The Hall–Kier alpha value is -2.32. The van der Waals surface area contributed by atoms with E-state index in [9.17, 15) is 4.79 Å². The van der Waals surface area contributed by atoms with E-state index in [1.54, 1.807) is 24.3 Å². The van der Waals surface area contributed by atoms with Crippen molar-refractivity contribution in [2.24, 2.45) is 0 Å². The molecule has 0 saturated heterocycles. The molecule has 0 fully saturated rings. The summed E-state index contributed by atoms with van der Waals surface area (Å²) in [5.41, 5.74) is 1.41. The number of nitriles is 1. The first-order valence-electron chi connectivity index (χ1n) is 6.32. The fraction of sp³-hybridized carbons (Fsp3) is 0.125. The van der Waals surface area contributed by atoms with Crippen molar-refractivity contribution < 1.29 is 9.53 Å². The van der Waals surface area contributed by atoms with Gasteiger partial charge in [0.2, 0.25) is 0 Å². The number of hydrogen-bond donors (Lipinski definition) is 1. The molecule has 4 nitrogen and oxygen atoms in total. The van der Waals surface area contributed by atoms with Crippen molar-refractivity contribution in [3.8, 4) is 11.8 Å². The summed E-state index contributed by atoms with van der Waals surface area (Å²) < 4.78 is 6.32. The molecule has 0 spiro atoms. The van der Waals surface area contributed by atoms with Crippen LogP contribution >= 0.6 is 15.9 Å². The van der Waals surface area contributed by atoms with E-state index in [0.29, 0.717) is 17.9 Å². The standard InChI is InChI=1S/C16H13BrN2O2/c17-14-6-3-4-12(8-14)10-19-16(20)11-21-15-7-2-1-5-13(15)9-18/h1-8H,10-11H2,(H,19,20). The van der Waals surface area contributed by atoms with Crippen LogP contribution in [0.15, 0.2) is 53.0 Å². The van der Waals surface area contributed by atoms with Gasteiger partial charge in [0.15, 0.2) is 6.61 Å². The normalized spacial score (nSPS) is 9.71. The Morgan fingerprint density at radius 1 is 1.24 bits per heavy atom. The molecule has 1 amide bonds. The SMILES string of the molecule is N#Cc1ccccc1OCC(=O)NCc1cccc(Br)c1. The Kier molecular flexibility index (Phi) is 5.35. The van der Waals surface area contributed by atoms with Crippen LogP contribution in [0, 0.1) is 11.3 Å². The summed E-state index contributed by atoms with van der Waals surface area (Å²) in [5.74, 6) is 0.181. The molecular formula is C16H13BrN2O2. The number of nitrogens with zero attached hydrogens (tertiary/aromatic N) is 1. The van der Waals surface area contributed by atoms with Crippen LogP contribution in [0.5, 0.6) is 5.75 Å². The Bertz CT molecular complexity index is 680. The van der Waals surface area contributed by atoms with Crippen LogP contribution in [-0.4, -0.2) is 12.5 Å². The summed E-state index contributed by atoms with van der Waals surface area (Å²) in [6, 6.07) is 16.5. The largest absolute Gasteiger partial charge is 0.482 e. The van der Waals surface area contributed by atoms with E-state index in [2.05, 4.69) is 21.2 Å². The number of carbonyl (C=O) groups is 1. The van der Waals surface area contributed by atoms with Crippen LogP contribution in [0.4, 0.5) is 0 Å². The summed E-state index contributed by atoms with van der Waals surface area (Å²) in [4.78, 5) is 11.7. The first-order chi connectivity index (χ1) is 10.2. The number of rotatable bonds is 5. The van der Waals surface area contributed by atoms with Crippen molar-refractivity contribution in [3.63, 3.8) is 0 Å². The lowest BCUT2D eigenvalue weighted by molar-refractivity contribution is -0.123. The first kappa shape index (κ1) is 15.1. The Labute approximate surface area is 131 Å². The van der Waals surface area contributed by atoms with Crippen molar-refractivity contribution >= 4 is 21.8 Å². The molecule has 21 heavy (non-hydrogen) atoms. The quantitative estimate of drug-likeness (QED) is 0.906. The van der Waals surface area contributed by atoms with Crippen LogP contribution in [0.1, 0.15) is 11.1 Å². The van der Waals surface area contributed by atoms with Gasteiger partial charge in [0, 0.05) is 11.0 Å². The maximum Gasteiger partial charge on any atom is 0.258 e. The fourth-order valence-corrected chi connectivity index (χ4v) is 2.17. The second kappa shape index (κ2) is 7.46. The lowest BCUT2D eigenvalue weighted by atomic mass is 10.2. The second-order valence-electron chi connectivity index (χ2n) is 4.30. The van der Waals surface area contributed by atoms with Crippen LogP contribution in [0.2, 0.25) is 0 Å². The highest BCUT2D eigenvalue weighted by molar-refractivity contribution is 9.10. The molecule has 0 aliphatic rings. The molecule has 2 rings (SSSR count). The molecule has 0 saturated carbocycles. The average molecular weight is 345 g/mol. The molecule has 0 heterocycles. The van der Waals surface area contributed by atoms with Gasteiger partial charge in [-0.3, -0.25) is 4.79 Å². The van der Waals surface area contributed by atoms with Gasteiger partial charge in [-0.05, 0) is 29.8 Å². The van der Waals surface area contributed by atoms with Crippen LogP contribution in [-0.2, 0) is 11.3 Å². The van der Waals surface area contributed by atoms with Crippen molar-refractivity contribution in [1.82, 2.24) is 5.32 Å². The number of benzene rings is 2. The summed E-state index contributed by atoms with van der Waals surface area (Å²) in [6.45, 7) is 0.314. The highest BCUT2D eigenvalue weighted by atomic mass is 79.9. The number of ether oxygens (including phenoxy) is 1. The lowest BCUT2D eigenvalue weighted by Crippen LogP contribution is -2.28. The highest BCUT2D eigenvalue weighted by Gasteiger charge is 2.06. The zero-order valence-corrected chi connectivity index (χ0v) is 12.8. The monoisotopic (exact) mass is 344 g/mol. The number of amides is 1. The molecule has 5 heteroatoms. The van der Waals surface area contributed by atoms with Crippen molar-refractivity contribution in [3.05, 3.63) is 64.1 Å². The number of nitrogens with one attached hydrogen (secondary N) is 1. The summed E-state index contributed by atoms with van der Waals surface area (Å²) >= 11 is 3.38. The molecule has 106 valence electrons. The Morgan fingerprint density at radius 3 is 2.81 bits per heavy atom. The minimum atomic E-state index is -0.234. The maximum absolute atomic E-state index is 11.7. The van der Waals surface area contributed by atoms with Crippen molar-refractivity contribution in [1.29, 1.82) is 5.26 Å². The van der Waals surface area contributed by atoms with Gasteiger partial charge in [0.05, 0.1) is 5.56 Å². The smallest absolute Gasteiger partial charge is 0.258 e. The van der Waals surface area contributed by atoms with E-state index >= 15 is 0 Å². The lowest BCUT2D eigenvalue weighted by Gasteiger charge is -2.08. The molecule has 0 atom stereocenters. The third-order valence-corrected chi connectivity index (χ3v) is 3.24. The van der Waals surface area contributed by atoms with Crippen molar-refractivity contribution in [2.45, 2.75) is 6.54 Å². The summed E-state index contributed by atoms with van der Waals surface area (Å²) in [5, 5.41) is 11.7. The van der Waals surface area contributed by atoms with E-state index in [0.717, 1.165) is 10.0 Å². The maximum atomic E-state index is 11.7. The van der Waals surface area contributed by atoms with Crippen LogP contribution in [0.3, 0.4) is 0 Å². The Balaban J connectivity index is 1.84. The van der Waals surface area contributed by atoms with Crippen LogP contribution in [0.25, 0.3) is 0 Å². The van der Waals surface area contributed by atoms with E-state index in [4.69, 9.17) is 10.00 Å². The highest BCUT2D eigenvalue weighted by Crippen LogP contribution is 2.16. The van der Waals surface area contributed by atoms with Gasteiger partial charge in [-0.1, -0.05) is 40.2 Å². The fourth-order valence-electron chi connectivity index (χ4n) is 1.73. The molecule has 0 bridgehead atoms. The molecule has 0 unspecified atom stereocenters. The second-order valence-corrected chi connectivity index (χ2v) is 5.22. The topological polar surface area (TPSA) is 62.1 Å². The molecule has 2 aromatic carbocycles. The molecule has 1 N–H and O–H groups in total. The Morgan fingerprint density at radius 2 is 2.05 bits per heavy atom. The minimum Gasteiger partial charge on any atom is -0.482 e. The van der Waals surface area contributed by atoms with Crippen molar-refractivity contribution in [2.75, 3.05) is 6.61 Å². The number of para-hydroxylation sites is 1. The van der Waals surface area contributed by atoms with Gasteiger partial charge in [-0.25, -0.2) is 0 Å². The van der Waals surface area contributed by atoms with Gasteiger partial charge in [0.1, 0.15) is 11.8 Å². The van der Waals surface area contributed by atoms with Crippen LogP contribution < -0.4 is 10.1 Å². The number of carbonyl (C=O) groups excluding carboxylic acids is 1. The number of hydrogen-bond acceptors (Lipinski definition) is 3. The van der Waals surface area contributed by atoms with Gasteiger partial charge in [0.25, 0.3) is 5.91 Å². The molecule has 0 aromatic heterocycles. The van der Waals surface area contributed by atoms with E-state index in [-0.39, 0.29) is 12.5 Å². The zero-order valence-electron chi connectivity index (χ0n) is 11.2. The summed E-state index contributed by atoms with van der Waals surface area (Å²) in [7, 11) is 0. The van der Waals surface area contributed by atoms with Gasteiger partial charge >= 0.3 is 0 Å². The first-order valence-corrected chi connectivity index (χ1v) is 7.11. The number of halogens is 1. The summed E-state index contributed by atoms with van der Waals surface area (Å²) in [6.07, 6.45) is 0. The van der Waals surface area contributed by atoms with E-state index in [1.807, 2.05) is 30.3 Å². The van der Waals surface area contributed by atoms with E-state index < -0.39 is 0 Å². The molecule has 2 aromatic rings. The van der Waals surface area contributed by atoms with Gasteiger partial charge in [-0.15, -0.1) is 0 Å². The van der Waals surface area contributed by atoms with Gasteiger partial charge < -0.3 is 10.1 Å². The predicted octanol–water partition coefficient (Wildman–Crippen LogP) is 3.02. The molecular weight excluding hydrogens is 332 g/mol. The average Bonchev–Trinajstić information content (AvgIpc) is 2.51. The molecule has 0 aliphatic carbocycles. The third-order valence-electron chi connectivity index (χ3n) is 2.74. The third kappa shape index (κ3) is 4.62. The molecule has 0 aliphatic heterocycles. The van der Waals surface area contributed by atoms with Gasteiger partial charge in [-0.2, -0.15) is 5.26 Å². The predicted molar refractivity (Wildman–Crippen MR) is 82.6 cm³/mol. The zero-order chi connectivity index (χ0) is 15.1. The van der Waals surface area contributed by atoms with E-state index in [1.165, 1.54) is 0 Å².